The fourth-order valence-electron chi connectivity index (χ4n) is 2.02. The number of anilines is 1. The van der Waals surface area contributed by atoms with Crippen molar-refractivity contribution in [1.82, 2.24) is 0 Å². The van der Waals surface area contributed by atoms with E-state index in [0.717, 1.165) is 0 Å². The first-order valence-corrected chi connectivity index (χ1v) is 7.89. The number of nitrogens with one attached hydrogen (secondary N) is 1. The third-order valence-corrected chi connectivity index (χ3v) is 3.56. The Hall–Kier alpha value is -2.38. The average molecular weight is 335 g/mol. The number of para-hydroxylation sites is 2. The van der Waals surface area contributed by atoms with Crippen LogP contribution < -0.4 is 14.2 Å². The average Bonchev–Trinajstić information content (AvgIpc) is 2.53. The number of methoxy groups -OCH3 is 1. The Kier molecular flexibility index (Phi) is 5.72. The Morgan fingerprint density at radius 1 is 1.22 bits per heavy atom. The van der Waals surface area contributed by atoms with E-state index < -0.39 is 11.3 Å². The molecule has 0 aliphatic rings. The molecule has 0 aliphatic carbocycles. The summed E-state index contributed by atoms with van der Waals surface area (Å²) in [6, 6.07) is 12.0. The van der Waals surface area contributed by atoms with E-state index in [1.807, 2.05) is 12.1 Å². The van der Waals surface area contributed by atoms with Gasteiger partial charge in [-0.1, -0.05) is 12.1 Å². The quantitative estimate of drug-likeness (QED) is 0.600. The van der Waals surface area contributed by atoms with Crippen molar-refractivity contribution in [2.45, 2.75) is 13.5 Å². The van der Waals surface area contributed by atoms with Gasteiger partial charge in [-0.05, 0) is 37.3 Å². The number of Topliss-reactive ketones (excluding diaryl/α,β-unsaturated/α-hetero) is 1. The van der Waals surface area contributed by atoms with Crippen LogP contribution in [0.5, 0.6) is 11.5 Å². The van der Waals surface area contributed by atoms with E-state index in [4.69, 9.17) is 14.0 Å². The molecule has 1 unspecified atom stereocenters. The number of ether oxygens (including phenoxy) is 2. The maximum Gasteiger partial charge on any atom is 0.259 e. The van der Waals surface area contributed by atoms with Crippen LogP contribution in [0.4, 0.5) is 5.69 Å². The third kappa shape index (κ3) is 4.54. The summed E-state index contributed by atoms with van der Waals surface area (Å²) in [6.07, 6.45) is 0. The molecule has 2 aromatic carbocycles. The molecule has 122 valence electrons. The van der Waals surface area contributed by atoms with Crippen LogP contribution in [-0.2, 0) is 17.9 Å². The normalized spacial score (nSPS) is 11.6. The molecule has 0 saturated heterocycles. The van der Waals surface area contributed by atoms with Crippen molar-refractivity contribution >= 4 is 22.7 Å². The summed E-state index contributed by atoms with van der Waals surface area (Å²) >= 11 is -2.21. The molecule has 0 bridgehead atoms. The number of ketones is 1. The fraction of sp³-hybridized carbons (Fsp3) is 0.188. The van der Waals surface area contributed by atoms with Crippen LogP contribution in [0.3, 0.4) is 0 Å². The number of carbonyl (C=O) groups excluding carboxylic acids is 1. The molecule has 0 heterocycles. The van der Waals surface area contributed by atoms with Crippen LogP contribution in [0.2, 0.25) is 0 Å². The minimum Gasteiger partial charge on any atom is -0.493 e. The van der Waals surface area contributed by atoms with E-state index >= 15 is 0 Å². The lowest BCUT2D eigenvalue weighted by Crippen LogP contribution is -2.08. The van der Waals surface area contributed by atoms with Crippen molar-refractivity contribution in [1.29, 1.82) is 0 Å². The van der Waals surface area contributed by atoms with Gasteiger partial charge in [0.1, 0.15) is 6.61 Å². The minimum absolute atomic E-state index is 0.0970. The zero-order valence-corrected chi connectivity index (χ0v) is 13.6. The first-order chi connectivity index (χ1) is 11.0. The summed E-state index contributed by atoms with van der Waals surface area (Å²) in [5.41, 5.74) is 1.51. The highest BCUT2D eigenvalue weighted by molar-refractivity contribution is 7.80. The van der Waals surface area contributed by atoms with Gasteiger partial charge in [0, 0.05) is 11.1 Å². The molecule has 6 nitrogen and oxygen atoms in total. The zero-order valence-electron chi connectivity index (χ0n) is 12.7. The lowest BCUT2D eigenvalue weighted by atomic mass is 10.1. The van der Waals surface area contributed by atoms with Crippen molar-refractivity contribution in [3.8, 4) is 11.5 Å². The molecule has 23 heavy (non-hydrogen) atoms. The highest BCUT2D eigenvalue weighted by atomic mass is 32.2. The van der Waals surface area contributed by atoms with Crippen molar-refractivity contribution in [2.24, 2.45) is 0 Å². The minimum atomic E-state index is -2.21. The van der Waals surface area contributed by atoms with Gasteiger partial charge in [-0.2, -0.15) is 0 Å². The largest absolute Gasteiger partial charge is 0.493 e. The molecule has 0 aromatic heterocycles. The Bertz CT molecular complexity index is 732. The molecule has 2 rings (SSSR count). The van der Waals surface area contributed by atoms with E-state index in [0.29, 0.717) is 28.3 Å². The molecule has 2 aromatic rings. The van der Waals surface area contributed by atoms with Gasteiger partial charge in [0.25, 0.3) is 11.3 Å². The molecule has 7 heteroatoms. The summed E-state index contributed by atoms with van der Waals surface area (Å²) in [6.45, 7) is 1.57. The van der Waals surface area contributed by atoms with Crippen LogP contribution in [-0.4, -0.2) is 21.7 Å². The molecule has 0 amide bonds. The Labute approximate surface area is 136 Å². The molecule has 0 saturated carbocycles. The second-order valence-corrected chi connectivity index (χ2v) is 5.42. The summed E-state index contributed by atoms with van der Waals surface area (Å²) in [5.74, 6) is 1.02. The van der Waals surface area contributed by atoms with Crippen LogP contribution in [0.1, 0.15) is 22.8 Å². The molecular weight excluding hydrogens is 318 g/mol. The van der Waals surface area contributed by atoms with Gasteiger partial charge in [-0.15, -0.1) is 0 Å². The fourth-order valence-corrected chi connectivity index (χ4v) is 2.41. The van der Waals surface area contributed by atoms with Gasteiger partial charge < -0.3 is 9.47 Å². The second kappa shape index (κ2) is 7.75. The molecule has 0 radical (unpaired) electrons. The van der Waals surface area contributed by atoms with Gasteiger partial charge in [-0.25, -0.2) is 4.21 Å². The topological polar surface area (TPSA) is 84.9 Å². The molecule has 1 atom stereocenters. The number of hydrogen-bond donors (Lipinski definition) is 2. The maximum atomic E-state index is 11.5. The van der Waals surface area contributed by atoms with Crippen molar-refractivity contribution in [3.63, 3.8) is 0 Å². The molecule has 0 aliphatic heterocycles. The Morgan fingerprint density at radius 2 is 1.91 bits per heavy atom. The first kappa shape index (κ1) is 17.0. The number of carbonyl (C=O) groups is 1. The lowest BCUT2D eigenvalue weighted by Gasteiger charge is -2.14. The summed E-state index contributed by atoms with van der Waals surface area (Å²) in [7, 11) is 1.54. The standard InChI is InChI=1S/C16H17NO5S/c1-11(18)12-7-8-14(17-23(19)20)13(9-12)10-22-16-6-4-3-5-15(16)21-2/h3-9,17H,10H2,1-2H3,(H,19,20). The van der Waals surface area contributed by atoms with E-state index in [-0.39, 0.29) is 12.4 Å². The van der Waals surface area contributed by atoms with E-state index in [2.05, 4.69) is 4.72 Å². The Balaban J connectivity index is 2.27. The predicted molar refractivity (Wildman–Crippen MR) is 88.2 cm³/mol. The number of benzene rings is 2. The molecular formula is C16H17NO5S. The maximum absolute atomic E-state index is 11.5. The van der Waals surface area contributed by atoms with E-state index in [1.165, 1.54) is 6.92 Å². The SMILES string of the molecule is COc1ccccc1OCc1cc(C(C)=O)ccc1NS(=O)O. The van der Waals surface area contributed by atoms with Gasteiger partial charge in [0.2, 0.25) is 0 Å². The summed E-state index contributed by atoms with van der Waals surface area (Å²) in [5, 5.41) is 0. The third-order valence-electron chi connectivity index (χ3n) is 3.16. The first-order valence-electron chi connectivity index (χ1n) is 6.78. The van der Waals surface area contributed by atoms with Crippen LogP contribution in [0, 0.1) is 0 Å². The van der Waals surface area contributed by atoms with Crippen molar-refractivity contribution < 1.29 is 23.0 Å². The summed E-state index contributed by atoms with van der Waals surface area (Å²) in [4.78, 5) is 11.5. The van der Waals surface area contributed by atoms with Gasteiger partial charge in [0.05, 0.1) is 12.8 Å². The molecule has 0 spiro atoms. The number of hydrogen-bond acceptors (Lipinski definition) is 4. The van der Waals surface area contributed by atoms with Gasteiger partial charge in [-0.3, -0.25) is 14.1 Å². The predicted octanol–water partition coefficient (Wildman–Crippen LogP) is 3.03. The van der Waals surface area contributed by atoms with Crippen LogP contribution in [0.25, 0.3) is 0 Å². The zero-order chi connectivity index (χ0) is 16.8. The van der Waals surface area contributed by atoms with Gasteiger partial charge >= 0.3 is 0 Å². The van der Waals surface area contributed by atoms with Crippen LogP contribution in [0.15, 0.2) is 42.5 Å². The van der Waals surface area contributed by atoms with E-state index in [1.54, 1.807) is 37.4 Å². The second-order valence-electron chi connectivity index (χ2n) is 4.72. The number of rotatable bonds is 7. The summed E-state index contributed by atoms with van der Waals surface area (Å²) < 4.78 is 33.3. The molecule has 0 fully saturated rings. The molecule has 2 N–H and O–H groups in total. The lowest BCUT2D eigenvalue weighted by molar-refractivity contribution is 0.101. The highest BCUT2D eigenvalue weighted by Gasteiger charge is 2.10. The monoisotopic (exact) mass is 335 g/mol. The van der Waals surface area contributed by atoms with Crippen molar-refractivity contribution in [3.05, 3.63) is 53.6 Å². The highest BCUT2D eigenvalue weighted by Crippen LogP contribution is 2.28. The smallest absolute Gasteiger partial charge is 0.259 e. The Morgan fingerprint density at radius 3 is 2.52 bits per heavy atom. The van der Waals surface area contributed by atoms with Crippen LogP contribution >= 0.6 is 0 Å². The van der Waals surface area contributed by atoms with E-state index in [9.17, 15) is 9.00 Å². The van der Waals surface area contributed by atoms with Gasteiger partial charge in [0.15, 0.2) is 17.3 Å². The van der Waals surface area contributed by atoms with Crippen molar-refractivity contribution in [2.75, 3.05) is 11.8 Å².